The lowest BCUT2D eigenvalue weighted by molar-refractivity contribution is 0.0940. The smallest absolute Gasteiger partial charge is 0.251 e. The van der Waals surface area contributed by atoms with E-state index in [9.17, 15) is 4.79 Å². The zero-order valence-corrected chi connectivity index (χ0v) is 14.5. The number of benzene rings is 2. The maximum absolute atomic E-state index is 12.4. The van der Waals surface area contributed by atoms with Gasteiger partial charge >= 0.3 is 0 Å². The van der Waals surface area contributed by atoms with Crippen LogP contribution in [0.25, 0.3) is 0 Å². The Hall–Kier alpha value is -2.29. The van der Waals surface area contributed by atoms with Gasteiger partial charge in [-0.05, 0) is 47.7 Å². The molecule has 3 nitrogen and oxygen atoms in total. The number of amides is 1. The first-order valence-corrected chi connectivity index (χ1v) is 7.86. The average Bonchev–Trinajstić information content (AvgIpc) is 2.54. The molecule has 0 radical (unpaired) electrons. The summed E-state index contributed by atoms with van der Waals surface area (Å²) in [5, 5.41) is 3.03. The van der Waals surface area contributed by atoms with Gasteiger partial charge in [0.05, 0.1) is 13.2 Å². The van der Waals surface area contributed by atoms with Crippen LogP contribution >= 0.6 is 0 Å². The lowest BCUT2D eigenvalue weighted by Crippen LogP contribution is -2.26. The minimum absolute atomic E-state index is 0.0595. The zero-order valence-electron chi connectivity index (χ0n) is 14.5. The molecular formula is C20H25NO2. The van der Waals surface area contributed by atoms with Crippen LogP contribution in [0.2, 0.25) is 0 Å². The first-order chi connectivity index (χ1) is 10.8. The molecule has 0 aromatic heterocycles. The molecule has 0 aliphatic rings. The van der Waals surface area contributed by atoms with Gasteiger partial charge in [-0.25, -0.2) is 0 Å². The molecule has 0 unspecified atom stereocenters. The van der Waals surface area contributed by atoms with E-state index in [2.05, 4.69) is 26.1 Å². The van der Waals surface area contributed by atoms with Gasteiger partial charge in [0.15, 0.2) is 0 Å². The third-order valence-electron chi connectivity index (χ3n) is 3.98. The number of carbonyl (C=O) groups is 1. The van der Waals surface area contributed by atoms with Gasteiger partial charge in [0, 0.05) is 5.56 Å². The maximum atomic E-state index is 12.4. The second kappa shape index (κ2) is 6.86. The molecule has 1 amide bonds. The van der Waals surface area contributed by atoms with Crippen molar-refractivity contribution in [1.29, 1.82) is 0 Å². The molecule has 1 N–H and O–H groups in total. The second-order valence-corrected chi connectivity index (χ2v) is 6.80. The Morgan fingerprint density at radius 1 is 1.00 bits per heavy atom. The standard InChI is InChI=1S/C20H25NO2/c1-14(15-8-12-18(23-5)13-9-15)21-19(22)16-6-10-17(11-7-16)20(2,3)4/h6-14H,1-5H3,(H,21,22)/t14-/m1/s1. The molecule has 0 heterocycles. The van der Waals surface area contributed by atoms with Crippen LogP contribution in [0.15, 0.2) is 48.5 Å². The van der Waals surface area contributed by atoms with Gasteiger partial charge in [0.25, 0.3) is 5.91 Å². The van der Waals surface area contributed by atoms with Crippen LogP contribution in [0.4, 0.5) is 0 Å². The lowest BCUT2D eigenvalue weighted by Gasteiger charge is -2.19. The molecule has 2 aromatic carbocycles. The molecule has 23 heavy (non-hydrogen) atoms. The summed E-state index contributed by atoms with van der Waals surface area (Å²) in [7, 11) is 1.64. The highest BCUT2D eigenvalue weighted by Gasteiger charge is 2.15. The van der Waals surface area contributed by atoms with Crippen molar-refractivity contribution in [3.05, 3.63) is 65.2 Å². The van der Waals surface area contributed by atoms with Gasteiger partial charge in [0.1, 0.15) is 5.75 Å². The van der Waals surface area contributed by atoms with Crippen molar-refractivity contribution in [3.8, 4) is 5.75 Å². The van der Waals surface area contributed by atoms with Gasteiger partial charge in [-0.2, -0.15) is 0 Å². The van der Waals surface area contributed by atoms with E-state index in [1.807, 2.05) is 55.5 Å². The van der Waals surface area contributed by atoms with Crippen LogP contribution in [0, 0.1) is 0 Å². The maximum Gasteiger partial charge on any atom is 0.251 e. The van der Waals surface area contributed by atoms with E-state index in [4.69, 9.17) is 4.74 Å². The molecule has 0 aliphatic heterocycles. The topological polar surface area (TPSA) is 38.3 Å². The van der Waals surface area contributed by atoms with Gasteiger partial charge < -0.3 is 10.1 Å². The Bertz CT molecular complexity index is 652. The lowest BCUT2D eigenvalue weighted by atomic mass is 9.86. The van der Waals surface area contributed by atoms with E-state index in [0.29, 0.717) is 5.56 Å². The van der Waals surface area contributed by atoms with Crippen LogP contribution in [0.1, 0.15) is 55.2 Å². The molecule has 0 bridgehead atoms. The van der Waals surface area contributed by atoms with Crippen LogP contribution < -0.4 is 10.1 Å². The van der Waals surface area contributed by atoms with Gasteiger partial charge in [-0.3, -0.25) is 4.79 Å². The molecule has 122 valence electrons. The minimum Gasteiger partial charge on any atom is -0.497 e. The molecule has 2 aromatic rings. The van der Waals surface area contributed by atoms with E-state index >= 15 is 0 Å². The summed E-state index contributed by atoms with van der Waals surface area (Å²) in [5.41, 5.74) is 3.03. The summed E-state index contributed by atoms with van der Waals surface area (Å²) in [6.45, 7) is 8.46. The summed E-state index contributed by atoms with van der Waals surface area (Å²) < 4.78 is 5.15. The number of hydrogen-bond acceptors (Lipinski definition) is 2. The highest BCUT2D eigenvalue weighted by atomic mass is 16.5. The molecule has 0 aliphatic carbocycles. The largest absolute Gasteiger partial charge is 0.497 e. The Kier molecular flexibility index (Phi) is 5.09. The molecule has 0 spiro atoms. The molecule has 0 fully saturated rings. The molecule has 1 atom stereocenters. The number of hydrogen-bond donors (Lipinski definition) is 1. The number of rotatable bonds is 4. The van der Waals surface area contributed by atoms with Crippen LogP contribution in [-0.4, -0.2) is 13.0 Å². The fourth-order valence-corrected chi connectivity index (χ4v) is 2.38. The Labute approximate surface area is 138 Å². The summed E-state index contributed by atoms with van der Waals surface area (Å²) in [5.74, 6) is 0.749. The normalized spacial score (nSPS) is 12.6. The van der Waals surface area contributed by atoms with E-state index in [1.165, 1.54) is 5.56 Å². The summed E-state index contributed by atoms with van der Waals surface area (Å²) in [6, 6.07) is 15.5. The van der Waals surface area contributed by atoms with Gasteiger partial charge in [0.2, 0.25) is 0 Å². The Balaban J connectivity index is 2.05. The predicted molar refractivity (Wildman–Crippen MR) is 94.0 cm³/mol. The van der Waals surface area contributed by atoms with Crippen molar-refractivity contribution >= 4 is 5.91 Å². The van der Waals surface area contributed by atoms with E-state index in [1.54, 1.807) is 7.11 Å². The second-order valence-electron chi connectivity index (χ2n) is 6.80. The van der Waals surface area contributed by atoms with Crippen LogP contribution in [0.5, 0.6) is 5.75 Å². The van der Waals surface area contributed by atoms with Crippen molar-refractivity contribution < 1.29 is 9.53 Å². The predicted octanol–water partition coefficient (Wildman–Crippen LogP) is 4.48. The van der Waals surface area contributed by atoms with Crippen LogP contribution in [-0.2, 0) is 5.41 Å². The fourth-order valence-electron chi connectivity index (χ4n) is 2.38. The molecule has 2 rings (SSSR count). The number of ether oxygens (including phenoxy) is 1. The number of nitrogens with one attached hydrogen (secondary N) is 1. The average molecular weight is 311 g/mol. The van der Waals surface area contributed by atoms with Gasteiger partial charge in [-0.1, -0.05) is 45.0 Å². The van der Waals surface area contributed by atoms with Crippen LogP contribution in [0.3, 0.4) is 0 Å². The monoisotopic (exact) mass is 311 g/mol. The van der Waals surface area contributed by atoms with E-state index in [-0.39, 0.29) is 17.4 Å². The molecule has 0 saturated carbocycles. The van der Waals surface area contributed by atoms with E-state index in [0.717, 1.165) is 11.3 Å². The first kappa shape index (κ1) is 17.1. The summed E-state index contributed by atoms with van der Waals surface area (Å²) in [4.78, 5) is 12.4. The summed E-state index contributed by atoms with van der Waals surface area (Å²) >= 11 is 0. The zero-order chi connectivity index (χ0) is 17.0. The SMILES string of the molecule is COc1ccc([C@@H](C)NC(=O)c2ccc(C(C)(C)C)cc2)cc1. The number of carbonyl (C=O) groups excluding carboxylic acids is 1. The van der Waals surface area contributed by atoms with Crippen molar-refractivity contribution in [2.45, 2.75) is 39.2 Å². The van der Waals surface area contributed by atoms with Crippen molar-refractivity contribution in [1.82, 2.24) is 5.32 Å². The molecular weight excluding hydrogens is 286 g/mol. The van der Waals surface area contributed by atoms with Crippen molar-refractivity contribution in [2.24, 2.45) is 0 Å². The third-order valence-corrected chi connectivity index (χ3v) is 3.98. The van der Waals surface area contributed by atoms with E-state index < -0.39 is 0 Å². The number of methoxy groups -OCH3 is 1. The quantitative estimate of drug-likeness (QED) is 0.904. The Morgan fingerprint density at radius 2 is 1.57 bits per heavy atom. The fraction of sp³-hybridized carbons (Fsp3) is 0.350. The van der Waals surface area contributed by atoms with Gasteiger partial charge in [-0.15, -0.1) is 0 Å². The Morgan fingerprint density at radius 3 is 2.04 bits per heavy atom. The highest BCUT2D eigenvalue weighted by molar-refractivity contribution is 5.94. The first-order valence-electron chi connectivity index (χ1n) is 7.86. The van der Waals surface area contributed by atoms with Crippen molar-refractivity contribution in [3.63, 3.8) is 0 Å². The minimum atomic E-state index is -0.0613. The molecule has 0 saturated heterocycles. The summed E-state index contributed by atoms with van der Waals surface area (Å²) in [6.07, 6.45) is 0. The highest BCUT2D eigenvalue weighted by Crippen LogP contribution is 2.22. The molecule has 3 heteroatoms. The van der Waals surface area contributed by atoms with Crippen molar-refractivity contribution in [2.75, 3.05) is 7.11 Å². The third kappa shape index (κ3) is 4.35.